The Morgan fingerprint density at radius 3 is 2.95 bits per heavy atom. The zero-order valence-corrected chi connectivity index (χ0v) is 11.9. The van der Waals surface area contributed by atoms with Crippen molar-refractivity contribution in [3.63, 3.8) is 0 Å². The number of hydrogen-bond acceptors (Lipinski definition) is 4. The fraction of sp³-hybridized carbons (Fsp3) is 0.200. The summed E-state index contributed by atoms with van der Waals surface area (Å²) in [7, 11) is 1.53. The van der Waals surface area contributed by atoms with E-state index < -0.39 is 0 Å². The van der Waals surface area contributed by atoms with Gasteiger partial charge in [0.15, 0.2) is 12.4 Å². The fourth-order valence-electron chi connectivity index (χ4n) is 1.51. The third-order valence-corrected chi connectivity index (χ3v) is 2.60. The Hall–Kier alpha value is -2.25. The van der Waals surface area contributed by atoms with Crippen LogP contribution < -0.4 is 9.47 Å². The quantitative estimate of drug-likeness (QED) is 0.815. The van der Waals surface area contributed by atoms with Gasteiger partial charge in [-0.15, -0.1) is 0 Å². The van der Waals surface area contributed by atoms with Gasteiger partial charge in [-0.2, -0.15) is 0 Å². The first-order chi connectivity index (χ1) is 9.69. The van der Waals surface area contributed by atoms with Crippen LogP contribution in [0.1, 0.15) is 11.4 Å². The van der Waals surface area contributed by atoms with Crippen molar-refractivity contribution in [3.05, 3.63) is 46.9 Å². The van der Waals surface area contributed by atoms with Crippen molar-refractivity contribution in [2.24, 2.45) is 0 Å². The van der Waals surface area contributed by atoms with Crippen LogP contribution in [0.15, 0.2) is 30.5 Å². The van der Waals surface area contributed by atoms with Gasteiger partial charge >= 0.3 is 0 Å². The first-order valence-electron chi connectivity index (χ1n) is 5.94. The van der Waals surface area contributed by atoms with E-state index in [1.54, 1.807) is 6.07 Å². The first-order valence-corrected chi connectivity index (χ1v) is 6.31. The van der Waals surface area contributed by atoms with Gasteiger partial charge in [-0.25, -0.2) is 9.97 Å². The molecule has 0 aliphatic carbocycles. The van der Waals surface area contributed by atoms with Gasteiger partial charge in [0.1, 0.15) is 5.69 Å². The van der Waals surface area contributed by atoms with Crippen LogP contribution in [0.5, 0.6) is 11.6 Å². The number of halogens is 1. The number of nitrogens with zero attached hydrogens (tertiary/aromatic N) is 2. The van der Waals surface area contributed by atoms with E-state index in [1.165, 1.54) is 13.3 Å². The Morgan fingerprint density at radius 1 is 1.35 bits per heavy atom. The van der Waals surface area contributed by atoms with Gasteiger partial charge in [0.2, 0.25) is 0 Å². The van der Waals surface area contributed by atoms with Crippen LogP contribution in [0.25, 0.3) is 0 Å². The highest BCUT2D eigenvalue weighted by Gasteiger charge is 2.05. The van der Waals surface area contributed by atoms with Gasteiger partial charge in [-0.05, 0) is 25.0 Å². The molecule has 2 aromatic rings. The van der Waals surface area contributed by atoms with Crippen molar-refractivity contribution >= 4 is 11.6 Å². The molecule has 0 bridgehead atoms. The summed E-state index contributed by atoms with van der Waals surface area (Å²) < 4.78 is 10.6. The van der Waals surface area contributed by atoms with Crippen molar-refractivity contribution in [1.82, 2.24) is 9.97 Å². The summed E-state index contributed by atoms with van der Waals surface area (Å²) >= 11 is 5.82. The summed E-state index contributed by atoms with van der Waals surface area (Å²) in [5, 5.41) is 0.490. The molecule has 0 aromatic carbocycles. The maximum absolute atomic E-state index is 5.82. The molecule has 0 aliphatic rings. The molecule has 0 N–H and O–H groups in total. The summed E-state index contributed by atoms with van der Waals surface area (Å²) in [6.07, 6.45) is 1.49. The maximum Gasteiger partial charge on any atom is 0.258 e. The molecule has 102 valence electrons. The van der Waals surface area contributed by atoms with E-state index in [0.29, 0.717) is 22.3 Å². The normalized spacial score (nSPS) is 9.55. The Morgan fingerprint density at radius 2 is 2.20 bits per heavy atom. The number of aryl methyl sites for hydroxylation is 1. The number of methoxy groups -OCH3 is 1. The number of rotatable bonds is 3. The summed E-state index contributed by atoms with van der Waals surface area (Å²) in [6.45, 7) is 2.12. The third-order valence-electron chi connectivity index (χ3n) is 2.39. The second kappa shape index (κ2) is 6.78. The molecule has 0 saturated carbocycles. The van der Waals surface area contributed by atoms with Crippen LogP contribution in [0.4, 0.5) is 0 Å². The Kier molecular flexibility index (Phi) is 4.80. The average molecular weight is 289 g/mol. The molecule has 0 unspecified atom stereocenters. The maximum atomic E-state index is 5.82. The lowest BCUT2D eigenvalue weighted by molar-refractivity contribution is 0.318. The molecule has 4 nitrogen and oxygen atoms in total. The molecule has 2 heterocycles. The summed E-state index contributed by atoms with van der Waals surface area (Å²) in [5.74, 6) is 6.65. The highest BCUT2D eigenvalue weighted by molar-refractivity contribution is 6.30. The Balaban J connectivity index is 2.00. The molecule has 0 fully saturated rings. The van der Waals surface area contributed by atoms with Crippen molar-refractivity contribution in [3.8, 4) is 23.5 Å². The van der Waals surface area contributed by atoms with E-state index in [0.717, 1.165) is 5.69 Å². The molecule has 0 amide bonds. The zero-order valence-electron chi connectivity index (χ0n) is 11.2. The molecule has 20 heavy (non-hydrogen) atoms. The van der Waals surface area contributed by atoms with Crippen LogP contribution in [0.2, 0.25) is 5.02 Å². The summed E-state index contributed by atoms with van der Waals surface area (Å²) in [6, 6.07) is 7.32. The van der Waals surface area contributed by atoms with Crippen LogP contribution in [-0.2, 0) is 0 Å². The van der Waals surface area contributed by atoms with E-state index in [4.69, 9.17) is 21.1 Å². The van der Waals surface area contributed by atoms with E-state index in [2.05, 4.69) is 21.8 Å². The summed E-state index contributed by atoms with van der Waals surface area (Å²) in [5.41, 5.74) is 1.64. The second-order valence-corrected chi connectivity index (χ2v) is 4.35. The molecule has 0 atom stereocenters. The lowest BCUT2D eigenvalue weighted by Crippen LogP contribution is -1.99. The van der Waals surface area contributed by atoms with E-state index in [-0.39, 0.29) is 6.61 Å². The smallest absolute Gasteiger partial charge is 0.258 e. The van der Waals surface area contributed by atoms with E-state index >= 15 is 0 Å². The van der Waals surface area contributed by atoms with Crippen LogP contribution in [0, 0.1) is 18.8 Å². The predicted molar refractivity (Wildman–Crippen MR) is 77.1 cm³/mol. The van der Waals surface area contributed by atoms with Crippen molar-refractivity contribution < 1.29 is 9.47 Å². The molecule has 0 spiro atoms. The van der Waals surface area contributed by atoms with Crippen molar-refractivity contribution in [2.45, 2.75) is 6.92 Å². The Labute approximate surface area is 122 Å². The molecular weight excluding hydrogens is 276 g/mol. The number of hydrogen-bond donors (Lipinski definition) is 0. The molecule has 2 aromatic heterocycles. The van der Waals surface area contributed by atoms with Gasteiger partial charge in [0.25, 0.3) is 5.88 Å². The minimum Gasteiger partial charge on any atom is -0.491 e. The molecule has 5 heteroatoms. The summed E-state index contributed by atoms with van der Waals surface area (Å²) in [4.78, 5) is 8.32. The second-order valence-electron chi connectivity index (χ2n) is 3.92. The molecule has 0 radical (unpaired) electrons. The molecule has 0 aliphatic heterocycles. The van der Waals surface area contributed by atoms with Crippen LogP contribution >= 0.6 is 11.6 Å². The predicted octanol–water partition coefficient (Wildman–Crippen LogP) is 2.88. The van der Waals surface area contributed by atoms with Crippen LogP contribution in [0.3, 0.4) is 0 Å². The SMILES string of the molecule is COc1cc(Cl)cnc1OCC#Cc1cccc(C)n1. The largest absolute Gasteiger partial charge is 0.491 e. The van der Waals surface area contributed by atoms with Crippen molar-refractivity contribution in [1.29, 1.82) is 0 Å². The molecular formula is C15H13ClN2O2. The van der Waals surface area contributed by atoms with Gasteiger partial charge in [0.05, 0.1) is 12.1 Å². The number of pyridine rings is 2. The van der Waals surface area contributed by atoms with Crippen LogP contribution in [-0.4, -0.2) is 23.7 Å². The van der Waals surface area contributed by atoms with E-state index in [9.17, 15) is 0 Å². The Bertz CT molecular complexity index is 662. The highest BCUT2D eigenvalue weighted by atomic mass is 35.5. The third kappa shape index (κ3) is 3.87. The molecule has 2 rings (SSSR count). The van der Waals surface area contributed by atoms with Gasteiger partial charge < -0.3 is 9.47 Å². The van der Waals surface area contributed by atoms with E-state index in [1.807, 2.05) is 25.1 Å². The molecule has 0 saturated heterocycles. The highest BCUT2D eigenvalue weighted by Crippen LogP contribution is 2.26. The lowest BCUT2D eigenvalue weighted by Gasteiger charge is -2.06. The van der Waals surface area contributed by atoms with Gasteiger partial charge in [0, 0.05) is 18.0 Å². The zero-order chi connectivity index (χ0) is 14.4. The average Bonchev–Trinajstić information content (AvgIpc) is 2.45. The number of ether oxygens (including phenoxy) is 2. The van der Waals surface area contributed by atoms with Gasteiger partial charge in [-0.3, -0.25) is 0 Å². The standard InChI is InChI=1S/C15H13ClN2O2/c1-11-5-3-6-13(18-11)7-4-8-20-15-14(19-2)9-12(16)10-17-15/h3,5-6,9-10H,8H2,1-2H3. The topological polar surface area (TPSA) is 44.2 Å². The monoisotopic (exact) mass is 288 g/mol. The fourth-order valence-corrected chi connectivity index (χ4v) is 1.65. The minimum atomic E-state index is 0.195. The first kappa shape index (κ1) is 14.2. The minimum absolute atomic E-state index is 0.195. The van der Waals surface area contributed by atoms with Gasteiger partial charge in [-0.1, -0.05) is 23.6 Å². The van der Waals surface area contributed by atoms with Crippen molar-refractivity contribution in [2.75, 3.05) is 13.7 Å². The lowest BCUT2D eigenvalue weighted by atomic mass is 10.3. The number of aromatic nitrogens is 2.